The molecule has 0 saturated carbocycles. The first-order chi connectivity index (χ1) is 15.0. The molecule has 3 aliphatic rings. The summed E-state index contributed by atoms with van der Waals surface area (Å²) in [5.74, 6) is -0.352. The van der Waals surface area contributed by atoms with Gasteiger partial charge in [0.25, 0.3) is 0 Å². The average Bonchev–Trinajstić information content (AvgIpc) is 3.23. The number of ether oxygens (including phenoxy) is 4. The number of likely N-dealkylation sites (tertiary alicyclic amines) is 1. The summed E-state index contributed by atoms with van der Waals surface area (Å²) in [7, 11) is 1.56. The molecule has 1 atom stereocenters. The van der Waals surface area contributed by atoms with Gasteiger partial charge in [0.15, 0.2) is 5.79 Å². The molecule has 4 rings (SSSR count). The van der Waals surface area contributed by atoms with Gasteiger partial charge >= 0.3 is 12.0 Å². The number of methoxy groups -OCH3 is 1. The first-order valence-electron chi connectivity index (χ1n) is 10.7. The first kappa shape index (κ1) is 21.6. The fourth-order valence-corrected chi connectivity index (χ4v) is 4.39. The van der Waals surface area contributed by atoms with Gasteiger partial charge in [0, 0.05) is 43.7 Å². The number of para-hydroxylation sites is 1. The fraction of sp³-hybridized carbons (Fsp3) is 0.545. The van der Waals surface area contributed by atoms with E-state index in [1.165, 1.54) is 0 Å². The quantitative estimate of drug-likeness (QED) is 0.662. The van der Waals surface area contributed by atoms with Crippen LogP contribution in [0, 0.1) is 0 Å². The molecule has 2 saturated heterocycles. The molecule has 31 heavy (non-hydrogen) atoms. The summed E-state index contributed by atoms with van der Waals surface area (Å²) in [6.07, 6.45) is 1.49. The van der Waals surface area contributed by atoms with Gasteiger partial charge in [0.2, 0.25) is 0 Å². The Labute approximate surface area is 181 Å². The molecule has 0 aliphatic carbocycles. The van der Waals surface area contributed by atoms with Gasteiger partial charge < -0.3 is 29.6 Å². The monoisotopic (exact) mass is 431 g/mol. The normalized spacial score (nSPS) is 23.4. The van der Waals surface area contributed by atoms with Crippen LogP contribution in [0.25, 0.3) is 0 Å². The Morgan fingerprint density at radius 2 is 1.94 bits per heavy atom. The number of carbonyl (C=O) groups excluding carboxylic acids is 2. The van der Waals surface area contributed by atoms with Gasteiger partial charge in [0.1, 0.15) is 5.75 Å². The maximum absolute atomic E-state index is 13.0. The molecule has 9 heteroatoms. The van der Waals surface area contributed by atoms with Crippen LogP contribution in [0.2, 0.25) is 0 Å². The summed E-state index contributed by atoms with van der Waals surface area (Å²) in [4.78, 5) is 27.7. The van der Waals surface area contributed by atoms with Gasteiger partial charge in [-0.1, -0.05) is 18.2 Å². The molecule has 0 unspecified atom stereocenters. The van der Waals surface area contributed by atoms with Crippen molar-refractivity contribution in [2.45, 2.75) is 31.6 Å². The van der Waals surface area contributed by atoms with Crippen LogP contribution < -0.4 is 15.4 Å². The number of nitrogens with zero attached hydrogens (tertiary/aromatic N) is 1. The van der Waals surface area contributed by atoms with Crippen LogP contribution in [-0.4, -0.2) is 69.3 Å². The number of piperidine rings is 1. The molecule has 1 spiro atoms. The van der Waals surface area contributed by atoms with E-state index in [-0.39, 0.29) is 12.6 Å². The Kier molecular flexibility index (Phi) is 6.45. The highest BCUT2D eigenvalue weighted by atomic mass is 16.7. The molecule has 0 bridgehead atoms. The molecule has 168 valence electrons. The summed E-state index contributed by atoms with van der Waals surface area (Å²) >= 11 is 0. The number of amides is 2. The van der Waals surface area contributed by atoms with E-state index in [0.717, 1.165) is 25.9 Å². The lowest BCUT2D eigenvalue weighted by atomic mass is 9.93. The summed E-state index contributed by atoms with van der Waals surface area (Å²) in [6, 6.07) is 6.30. The molecule has 2 fully saturated rings. The number of nitrogens with one attached hydrogen (secondary N) is 2. The van der Waals surface area contributed by atoms with Gasteiger partial charge in [-0.05, 0) is 13.0 Å². The second kappa shape index (κ2) is 9.25. The average molecular weight is 431 g/mol. The standard InChI is InChI=1S/C22H29N3O6/c1-3-29-20(26)18-16(14-25-10-8-22(9-11-25)30-12-13-31-22)23-21(27)24-19(18)15-6-4-5-7-17(15)28-2/h4-7,19H,3,8-14H2,1-2H3,(H2,23,24,27)/t19-/m1/s1. The number of rotatable bonds is 6. The van der Waals surface area contributed by atoms with Crippen LogP contribution in [0.15, 0.2) is 35.5 Å². The van der Waals surface area contributed by atoms with Crippen molar-refractivity contribution in [2.75, 3.05) is 46.6 Å². The minimum absolute atomic E-state index is 0.239. The number of urea groups is 1. The van der Waals surface area contributed by atoms with E-state index in [9.17, 15) is 9.59 Å². The molecule has 2 amide bonds. The van der Waals surface area contributed by atoms with Gasteiger partial charge in [-0.2, -0.15) is 0 Å². The summed E-state index contributed by atoms with van der Waals surface area (Å²) in [5, 5.41) is 5.69. The lowest BCUT2D eigenvalue weighted by molar-refractivity contribution is -0.184. The van der Waals surface area contributed by atoms with E-state index in [4.69, 9.17) is 18.9 Å². The molecular weight excluding hydrogens is 402 g/mol. The van der Waals surface area contributed by atoms with E-state index in [2.05, 4.69) is 15.5 Å². The van der Waals surface area contributed by atoms with Crippen LogP contribution in [0.4, 0.5) is 4.79 Å². The minimum atomic E-state index is -0.670. The summed E-state index contributed by atoms with van der Waals surface area (Å²) in [6.45, 7) is 5.15. The third-order valence-corrected chi connectivity index (χ3v) is 5.91. The molecule has 3 heterocycles. The number of hydrogen-bond acceptors (Lipinski definition) is 7. The van der Waals surface area contributed by atoms with E-state index in [1.54, 1.807) is 20.1 Å². The van der Waals surface area contributed by atoms with Crippen LogP contribution in [0.3, 0.4) is 0 Å². The Morgan fingerprint density at radius 3 is 2.61 bits per heavy atom. The Morgan fingerprint density at radius 1 is 1.23 bits per heavy atom. The predicted molar refractivity (Wildman–Crippen MR) is 111 cm³/mol. The number of benzene rings is 1. The molecule has 1 aromatic rings. The number of hydrogen-bond donors (Lipinski definition) is 2. The molecular formula is C22H29N3O6. The van der Waals surface area contributed by atoms with Crippen molar-refractivity contribution >= 4 is 12.0 Å². The van der Waals surface area contributed by atoms with Crippen molar-refractivity contribution in [1.82, 2.24) is 15.5 Å². The highest BCUT2D eigenvalue weighted by Crippen LogP contribution is 2.35. The van der Waals surface area contributed by atoms with Gasteiger partial charge in [-0.15, -0.1) is 0 Å². The zero-order valence-electron chi connectivity index (χ0n) is 17.9. The smallest absolute Gasteiger partial charge is 0.338 e. The lowest BCUT2D eigenvalue weighted by Crippen LogP contribution is -2.51. The van der Waals surface area contributed by atoms with Crippen molar-refractivity contribution in [2.24, 2.45) is 0 Å². The van der Waals surface area contributed by atoms with Crippen molar-refractivity contribution in [3.8, 4) is 5.75 Å². The third-order valence-electron chi connectivity index (χ3n) is 5.91. The van der Waals surface area contributed by atoms with E-state index >= 15 is 0 Å². The van der Waals surface area contributed by atoms with Crippen molar-refractivity contribution in [1.29, 1.82) is 0 Å². The Balaban J connectivity index is 1.62. The second-order valence-electron chi connectivity index (χ2n) is 7.77. The van der Waals surface area contributed by atoms with Crippen molar-refractivity contribution in [3.63, 3.8) is 0 Å². The van der Waals surface area contributed by atoms with E-state index in [1.807, 2.05) is 18.2 Å². The second-order valence-corrected chi connectivity index (χ2v) is 7.77. The minimum Gasteiger partial charge on any atom is -0.496 e. The number of esters is 1. The van der Waals surface area contributed by atoms with Crippen LogP contribution >= 0.6 is 0 Å². The van der Waals surface area contributed by atoms with E-state index in [0.29, 0.717) is 42.3 Å². The maximum Gasteiger partial charge on any atom is 0.338 e. The number of carbonyl (C=O) groups is 2. The van der Waals surface area contributed by atoms with Crippen LogP contribution in [-0.2, 0) is 19.0 Å². The lowest BCUT2D eigenvalue weighted by Gasteiger charge is -2.39. The van der Waals surface area contributed by atoms with Crippen LogP contribution in [0.5, 0.6) is 5.75 Å². The Bertz CT molecular complexity index is 855. The Hall–Kier alpha value is -2.62. The highest BCUT2D eigenvalue weighted by molar-refractivity contribution is 5.95. The van der Waals surface area contributed by atoms with Gasteiger partial charge in [-0.25, -0.2) is 9.59 Å². The van der Waals surface area contributed by atoms with Crippen molar-refractivity contribution in [3.05, 3.63) is 41.1 Å². The molecule has 2 N–H and O–H groups in total. The third kappa shape index (κ3) is 4.53. The molecule has 0 radical (unpaired) electrons. The fourth-order valence-electron chi connectivity index (χ4n) is 4.39. The van der Waals surface area contributed by atoms with Gasteiger partial charge in [-0.3, -0.25) is 4.90 Å². The highest BCUT2D eigenvalue weighted by Gasteiger charge is 2.41. The van der Waals surface area contributed by atoms with Gasteiger partial charge in [0.05, 0.1) is 38.5 Å². The molecule has 0 aromatic heterocycles. The summed E-state index contributed by atoms with van der Waals surface area (Å²) in [5.41, 5.74) is 1.63. The topological polar surface area (TPSA) is 98.4 Å². The van der Waals surface area contributed by atoms with Crippen LogP contribution in [0.1, 0.15) is 31.4 Å². The first-order valence-corrected chi connectivity index (χ1v) is 10.7. The predicted octanol–water partition coefficient (Wildman–Crippen LogP) is 1.71. The van der Waals surface area contributed by atoms with Crippen molar-refractivity contribution < 1.29 is 28.5 Å². The molecule has 1 aromatic carbocycles. The maximum atomic E-state index is 13.0. The largest absolute Gasteiger partial charge is 0.496 e. The zero-order chi connectivity index (χ0) is 21.8. The molecule has 3 aliphatic heterocycles. The van der Waals surface area contributed by atoms with E-state index < -0.39 is 17.8 Å². The molecule has 9 nitrogen and oxygen atoms in total. The summed E-state index contributed by atoms with van der Waals surface area (Å²) < 4.78 is 22.4. The zero-order valence-corrected chi connectivity index (χ0v) is 17.9. The SMILES string of the molecule is CCOC(=O)C1=C(CN2CCC3(CC2)OCCO3)NC(=O)N[C@@H]1c1ccccc1OC.